The molecule has 7 nitrogen and oxygen atoms in total. The van der Waals surface area contributed by atoms with E-state index in [0.717, 1.165) is 44.4 Å². The molecule has 39 heavy (non-hydrogen) atoms. The van der Waals surface area contributed by atoms with Crippen molar-refractivity contribution in [3.63, 3.8) is 0 Å². The predicted octanol–water partition coefficient (Wildman–Crippen LogP) is 6.18. The fraction of sp³-hybridized carbons (Fsp3) is 0.483. The Labute approximate surface area is 226 Å². The molecule has 1 aromatic carbocycles. The lowest BCUT2D eigenvalue weighted by atomic mass is 9.84. The summed E-state index contributed by atoms with van der Waals surface area (Å²) in [7, 11) is 0. The Morgan fingerprint density at radius 1 is 0.974 bits per heavy atom. The number of halogens is 3. The molecular weight excluding hydrogens is 505 g/mol. The van der Waals surface area contributed by atoms with E-state index in [1.807, 2.05) is 35.2 Å². The van der Waals surface area contributed by atoms with Gasteiger partial charge in [0.2, 0.25) is 11.9 Å². The van der Waals surface area contributed by atoms with Gasteiger partial charge in [-0.3, -0.25) is 4.79 Å². The van der Waals surface area contributed by atoms with Crippen molar-refractivity contribution in [3.05, 3.63) is 66.0 Å². The molecule has 3 aromatic rings. The minimum absolute atomic E-state index is 0.145. The summed E-state index contributed by atoms with van der Waals surface area (Å²) in [4.78, 5) is 22.8. The number of hydrogen-bond acceptors (Lipinski definition) is 5. The van der Waals surface area contributed by atoms with Gasteiger partial charge in [0.05, 0.1) is 5.56 Å². The van der Waals surface area contributed by atoms with E-state index < -0.39 is 17.8 Å². The molecule has 3 N–H and O–H groups in total. The van der Waals surface area contributed by atoms with Gasteiger partial charge in [0.1, 0.15) is 17.7 Å². The number of benzene rings is 1. The fourth-order valence-electron chi connectivity index (χ4n) is 5.05. The molecule has 2 fully saturated rings. The number of aromatic nitrogens is 3. The van der Waals surface area contributed by atoms with Crippen LogP contribution in [-0.2, 0) is 17.5 Å². The Hall–Kier alpha value is -3.56. The summed E-state index contributed by atoms with van der Waals surface area (Å²) < 4.78 is 40.6. The van der Waals surface area contributed by atoms with Crippen LogP contribution in [0.15, 0.2) is 54.9 Å². The van der Waals surface area contributed by atoms with Crippen LogP contribution in [0.1, 0.15) is 62.5 Å². The van der Waals surface area contributed by atoms with E-state index in [1.165, 1.54) is 31.4 Å². The van der Waals surface area contributed by atoms with E-state index >= 15 is 0 Å². The predicted molar refractivity (Wildman–Crippen MR) is 144 cm³/mol. The molecule has 0 radical (unpaired) electrons. The lowest BCUT2D eigenvalue weighted by molar-refractivity contribution is -0.137. The van der Waals surface area contributed by atoms with Crippen LogP contribution in [0.5, 0.6) is 0 Å². The van der Waals surface area contributed by atoms with Crippen LogP contribution >= 0.6 is 0 Å². The number of rotatable bonds is 11. The summed E-state index contributed by atoms with van der Waals surface area (Å²) in [5, 5.41) is 9.64. The van der Waals surface area contributed by atoms with Gasteiger partial charge in [-0.1, -0.05) is 44.2 Å². The van der Waals surface area contributed by atoms with Gasteiger partial charge in [-0.25, -0.2) is 0 Å². The zero-order valence-corrected chi connectivity index (χ0v) is 21.9. The molecule has 5 rings (SSSR count). The number of nitrogens with zero attached hydrogens (tertiary/aromatic N) is 3. The van der Waals surface area contributed by atoms with Gasteiger partial charge in [-0.15, -0.1) is 0 Å². The highest BCUT2D eigenvalue weighted by atomic mass is 19.4. The summed E-state index contributed by atoms with van der Waals surface area (Å²) >= 11 is 0. The Bertz CT molecular complexity index is 1220. The van der Waals surface area contributed by atoms with Crippen molar-refractivity contribution in [2.75, 3.05) is 17.2 Å². The molecular formula is C29H35F3N6O. The Kier molecular flexibility index (Phi) is 8.38. The first-order chi connectivity index (χ1) is 18.8. The zero-order chi connectivity index (χ0) is 27.2. The summed E-state index contributed by atoms with van der Waals surface area (Å²) in [6.07, 6.45) is 8.20. The maximum Gasteiger partial charge on any atom is 0.416 e. The van der Waals surface area contributed by atoms with Crippen LogP contribution in [0, 0.1) is 11.8 Å². The number of nitrogens with one attached hydrogen (secondary N) is 3. The van der Waals surface area contributed by atoms with Crippen molar-refractivity contribution in [1.29, 1.82) is 0 Å². The monoisotopic (exact) mass is 540 g/mol. The molecule has 2 aliphatic rings. The SMILES string of the molecule is O=C(NCc1ccc(C(F)(F)F)cc1)[C@@H](CC1CCCCC1)Nc1cc(-n2cccc2)nc(NCC2CC2)n1. The molecule has 0 aliphatic heterocycles. The second-order valence-electron chi connectivity index (χ2n) is 10.7. The van der Waals surface area contributed by atoms with Crippen LogP contribution in [0.3, 0.4) is 0 Å². The van der Waals surface area contributed by atoms with Crippen molar-refractivity contribution in [1.82, 2.24) is 19.9 Å². The first-order valence-corrected chi connectivity index (χ1v) is 13.8. The first kappa shape index (κ1) is 27.0. The standard InChI is InChI=1S/C29H35F3N6O/c30-29(31,32)23-12-10-22(11-13-23)18-33-27(39)24(16-20-6-2-1-3-7-20)35-25-17-26(38-14-4-5-15-38)37-28(36-25)34-19-21-8-9-21/h4-5,10-15,17,20-21,24H,1-3,6-9,16,18-19H2,(H,33,39)(H2,34,35,36,37)/t24-/m1/s1. The summed E-state index contributed by atoms with van der Waals surface area (Å²) in [6, 6.07) is 10.0. The third-order valence-electron chi connectivity index (χ3n) is 7.51. The van der Waals surface area contributed by atoms with Gasteiger partial charge in [0, 0.05) is 31.5 Å². The van der Waals surface area contributed by atoms with Crippen molar-refractivity contribution in [3.8, 4) is 5.82 Å². The van der Waals surface area contributed by atoms with Crippen LogP contribution in [0.25, 0.3) is 5.82 Å². The molecule has 2 saturated carbocycles. The normalized spacial score (nSPS) is 17.0. The highest BCUT2D eigenvalue weighted by Gasteiger charge is 2.30. The highest BCUT2D eigenvalue weighted by Crippen LogP contribution is 2.31. The summed E-state index contributed by atoms with van der Waals surface area (Å²) in [5.74, 6) is 2.63. The average molecular weight is 541 g/mol. The van der Waals surface area contributed by atoms with E-state index in [9.17, 15) is 18.0 Å². The molecule has 2 aromatic heterocycles. The van der Waals surface area contributed by atoms with E-state index in [4.69, 9.17) is 0 Å². The molecule has 2 aliphatic carbocycles. The molecule has 0 unspecified atom stereocenters. The number of hydrogen-bond donors (Lipinski definition) is 3. The molecule has 0 bridgehead atoms. The van der Waals surface area contributed by atoms with Crippen LogP contribution in [-0.4, -0.2) is 33.0 Å². The van der Waals surface area contributed by atoms with Crippen molar-refractivity contribution < 1.29 is 18.0 Å². The maximum absolute atomic E-state index is 13.4. The van der Waals surface area contributed by atoms with Gasteiger partial charge in [-0.2, -0.15) is 23.1 Å². The maximum atomic E-state index is 13.4. The number of carbonyl (C=O) groups excluding carboxylic acids is 1. The minimum atomic E-state index is -4.39. The third kappa shape index (κ3) is 7.74. The molecule has 1 amide bonds. The largest absolute Gasteiger partial charge is 0.416 e. The Balaban J connectivity index is 1.32. The smallest absolute Gasteiger partial charge is 0.358 e. The zero-order valence-electron chi connectivity index (χ0n) is 21.9. The van der Waals surface area contributed by atoms with Gasteiger partial charge in [0.25, 0.3) is 0 Å². The van der Waals surface area contributed by atoms with Crippen molar-refractivity contribution in [2.45, 2.75) is 70.1 Å². The minimum Gasteiger partial charge on any atom is -0.358 e. The van der Waals surface area contributed by atoms with Gasteiger partial charge >= 0.3 is 6.18 Å². The topological polar surface area (TPSA) is 83.9 Å². The number of anilines is 2. The average Bonchev–Trinajstić information content (AvgIpc) is 3.60. The van der Waals surface area contributed by atoms with Crippen molar-refractivity contribution >= 4 is 17.7 Å². The second kappa shape index (κ2) is 12.1. The van der Waals surface area contributed by atoms with Crippen LogP contribution < -0.4 is 16.0 Å². The Morgan fingerprint density at radius 2 is 1.69 bits per heavy atom. The molecule has 208 valence electrons. The molecule has 1 atom stereocenters. The number of alkyl halides is 3. The first-order valence-electron chi connectivity index (χ1n) is 13.8. The van der Waals surface area contributed by atoms with Crippen LogP contribution in [0.2, 0.25) is 0 Å². The number of carbonyl (C=O) groups is 1. The fourth-order valence-corrected chi connectivity index (χ4v) is 5.05. The quantitative estimate of drug-likeness (QED) is 0.271. The molecule has 0 spiro atoms. The van der Waals surface area contributed by atoms with Crippen LogP contribution in [0.4, 0.5) is 24.9 Å². The molecule has 2 heterocycles. The molecule has 0 saturated heterocycles. The van der Waals surface area contributed by atoms with E-state index in [1.54, 1.807) is 0 Å². The van der Waals surface area contributed by atoms with E-state index in [0.29, 0.717) is 41.4 Å². The second-order valence-corrected chi connectivity index (χ2v) is 10.7. The summed E-state index contributed by atoms with van der Waals surface area (Å²) in [5.41, 5.74) is -0.0981. The Morgan fingerprint density at radius 3 is 2.36 bits per heavy atom. The third-order valence-corrected chi connectivity index (χ3v) is 7.51. The van der Waals surface area contributed by atoms with Gasteiger partial charge < -0.3 is 20.5 Å². The lowest BCUT2D eigenvalue weighted by Gasteiger charge is -2.27. The van der Waals surface area contributed by atoms with E-state index in [-0.39, 0.29) is 12.5 Å². The lowest BCUT2D eigenvalue weighted by Crippen LogP contribution is -2.41. The number of amides is 1. The summed E-state index contributed by atoms with van der Waals surface area (Å²) in [6.45, 7) is 0.958. The van der Waals surface area contributed by atoms with Gasteiger partial charge in [-0.05, 0) is 60.9 Å². The molecule has 10 heteroatoms. The van der Waals surface area contributed by atoms with Gasteiger partial charge in [0.15, 0.2) is 0 Å². The van der Waals surface area contributed by atoms with E-state index in [2.05, 4.69) is 25.9 Å². The van der Waals surface area contributed by atoms with Crippen molar-refractivity contribution in [2.24, 2.45) is 11.8 Å². The highest BCUT2D eigenvalue weighted by molar-refractivity contribution is 5.84.